The van der Waals surface area contributed by atoms with Gasteiger partial charge in [-0.15, -0.1) is 0 Å². The van der Waals surface area contributed by atoms with Crippen LogP contribution in [0.1, 0.15) is 52.9 Å². The van der Waals surface area contributed by atoms with Gasteiger partial charge in [0, 0.05) is 12.1 Å². The molecule has 0 spiro atoms. The van der Waals surface area contributed by atoms with Gasteiger partial charge in [-0.1, -0.05) is 13.3 Å². The van der Waals surface area contributed by atoms with E-state index in [1.807, 2.05) is 6.92 Å². The van der Waals surface area contributed by atoms with Crippen LogP contribution >= 0.6 is 0 Å². The molecule has 0 aromatic rings. The largest absolute Gasteiger partial charge is 0.393 e. The molecule has 3 unspecified atom stereocenters. The van der Waals surface area contributed by atoms with Crippen LogP contribution in [0.3, 0.4) is 0 Å². The molecule has 1 fully saturated rings. The Balaban J connectivity index is 2.41. The molecule has 3 atom stereocenters. The van der Waals surface area contributed by atoms with Gasteiger partial charge in [-0.2, -0.15) is 0 Å². The lowest BCUT2D eigenvalue weighted by Crippen LogP contribution is -2.38. The van der Waals surface area contributed by atoms with Crippen LogP contribution in [-0.2, 0) is 0 Å². The first kappa shape index (κ1) is 12.0. The van der Waals surface area contributed by atoms with E-state index >= 15 is 0 Å². The van der Waals surface area contributed by atoms with Crippen LogP contribution in [-0.4, -0.2) is 34.7 Å². The topological polar surface area (TPSA) is 23.5 Å². The fraction of sp³-hybridized carbons (Fsp3) is 1.00. The van der Waals surface area contributed by atoms with Crippen molar-refractivity contribution >= 4 is 0 Å². The van der Waals surface area contributed by atoms with Crippen molar-refractivity contribution < 1.29 is 5.11 Å². The maximum absolute atomic E-state index is 9.42. The van der Waals surface area contributed by atoms with E-state index in [-0.39, 0.29) is 6.10 Å². The van der Waals surface area contributed by atoms with E-state index < -0.39 is 0 Å². The maximum Gasteiger partial charge on any atom is 0.0527 e. The average molecular weight is 199 g/mol. The highest BCUT2D eigenvalue weighted by atomic mass is 16.3. The second kappa shape index (κ2) is 5.72. The van der Waals surface area contributed by atoms with Crippen molar-refractivity contribution in [3.8, 4) is 0 Å². The number of hydrogen-bond donors (Lipinski definition) is 1. The zero-order valence-electron chi connectivity index (χ0n) is 9.87. The first-order valence-corrected chi connectivity index (χ1v) is 6.09. The van der Waals surface area contributed by atoms with Gasteiger partial charge < -0.3 is 5.11 Å². The molecule has 1 N–H and O–H groups in total. The normalized spacial score (nSPS) is 27.9. The molecule has 0 saturated carbocycles. The molecule has 0 aliphatic carbocycles. The number of nitrogens with zero attached hydrogens (tertiary/aromatic N) is 1. The zero-order chi connectivity index (χ0) is 10.6. The summed E-state index contributed by atoms with van der Waals surface area (Å²) >= 11 is 0. The van der Waals surface area contributed by atoms with Gasteiger partial charge in [0.05, 0.1) is 6.10 Å². The average Bonchev–Trinajstić information content (AvgIpc) is 2.51. The van der Waals surface area contributed by atoms with Gasteiger partial charge >= 0.3 is 0 Å². The Kier molecular flexibility index (Phi) is 4.90. The van der Waals surface area contributed by atoms with E-state index in [1.54, 1.807) is 0 Å². The third-order valence-electron chi connectivity index (χ3n) is 3.31. The molecule has 1 rings (SSSR count). The first-order valence-electron chi connectivity index (χ1n) is 6.09. The fourth-order valence-electron chi connectivity index (χ4n) is 2.67. The van der Waals surface area contributed by atoms with Crippen LogP contribution in [0.15, 0.2) is 0 Å². The van der Waals surface area contributed by atoms with Gasteiger partial charge in [-0.05, 0) is 46.1 Å². The SMILES string of the molecule is CCCC(C)N1CCCC1CC(C)O. The molecular formula is C12H25NO. The van der Waals surface area contributed by atoms with Crippen molar-refractivity contribution in [1.82, 2.24) is 4.90 Å². The molecule has 0 amide bonds. The number of aliphatic hydroxyl groups is 1. The van der Waals surface area contributed by atoms with Gasteiger partial charge in [0.2, 0.25) is 0 Å². The van der Waals surface area contributed by atoms with Crippen molar-refractivity contribution in [2.24, 2.45) is 0 Å². The summed E-state index contributed by atoms with van der Waals surface area (Å²) in [7, 11) is 0. The summed E-state index contributed by atoms with van der Waals surface area (Å²) in [5, 5.41) is 9.42. The van der Waals surface area contributed by atoms with Gasteiger partial charge in [-0.3, -0.25) is 4.90 Å². The number of rotatable bonds is 5. The second-order valence-electron chi connectivity index (χ2n) is 4.76. The number of hydrogen-bond acceptors (Lipinski definition) is 2. The van der Waals surface area contributed by atoms with E-state index in [0.717, 1.165) is 6.42 Å². The molecular weight excluding hydrogens is 174 g/mol. The smallest absolute Gasteiger partial charge is 0.0527 e. The Morgan fingerprint density at radius 3 is 2.71 bits per heavy atom. The molecule has 84 valence electrons. The molecule has 1 heterocycles. The van der Waals surface area contributed by atoms with E-state index in [1.165, 1.54) is 32.2 Å². The molecule has 1 saturated heterocycles. The lowest BCUT2D eigenvalue weighted by atomic mass is 10.1. The molecule has 2 heteroatoms. The van der Waals surface area contributed by atoms with Crippen molar-refractivity contribution in [3.05, 3.63) is 0 Å². The minimum Gasteiger partial charge on any atom is -0.393 e. The molecule has 1 aliphatic rings. The Labute approximate surface area is 88.3 Å². The Morgan fingerprint density at radius 1 is 1.43 bits per heavy atom. The summed E-state index contributed by atoms with van der Waals surface area (Å²) in [6, 6.07) is 1.34. The van der Waals surface area contributed by atoms with Crippen LogP contribution in [0, 0.1) is 0 Å². The van der Waals surface area contributed by atoms with E-state index in [9.17, 15) is 5.11 Å². The lowest BCUT2D eigenvalue weighted by molar-refractivity contribution is 0.111. The molecule has 14 heavy (non-hydrogen) atoms. The molecule has 0 radical (unpaired) electrons. The molecule has 0 bridgehead atoms. The first-order chi connectivity index (χ1) is 6.65. The van der Waals surface area contributed by atoms with Crippen molar-refractivity contribution in [3.63, 3.8) is 0 Å². The summed E-state index contributed by atoms with van der Waals surface area (Å²) in [6.45, 7) is 7.71. The van der Waals surface area contributed by atoms with Gasteiger partial charge in [-0.25, -0.2) is 0 Å². The van der Waals surface area contributed by atoms with Gasteiger partial charge in [0.25, 0.3) is 0 Å². The maximum atomic E-state index is 9.42. The van der Waals surface area contributed by atoms with Crippen LogP contribution < -0.4 is 0 Å². The standard InChI is InChI=1S/C12H25NO/c1-4-6-10(2)13-8-5-7-12(13)9-11(3)14/h10-12,14H,4-9H2,1-3H3. The predicted octanol–water partition coefficient (Wildman–Crippen LogP) is 2.41. The minimum absolute atomic E-state index is 0.144. The third kappa shape index (κ3) is 3.25. The van der Waals surface area contributed by atoms with E-state index in [0.29, 0.717) is 12.1 Å². The lowest BCUT2D eigenvalue weighted by Gasteiger charge is -2.31. The summed E-state index contributed by atoms with van der Waals surface area (Å²) < 4.78 is 0. The molecule has 0 aromatic heterocycles. The molecule has 1 aliphatic heterocycles. The van der Waals surface area contributed by atoms with Crippen LogP contribution in [0.5, 0.6) is 0 Å². The third-order valence-corrected chi connectivity index (χ3v) is 3.31. The van der Waals surface area contributed by atoms with Crippen molar-refractivity contribution in [2.75, 3.05) is 6.54 Å². The van der Waals surface area contributed by atoms with E-state index in [4.69, 9.17) is 0 Å². The summed E-state index contributed by atoms with van der Waals surface area (Å²) in [5.74, 6) is 0. The number of aliphatic hydroxyl groups excluding tert-OH is 1. The van der Waals surface area contributed by atoms with Crippen LogP contribution in [0.4, 0.5) is 0 Å². The highest BCUT2D eigenvalue weighted by Crippen LogP contribution is 2.25. The Bertz CT molecular complexity index is 158. The predicted molar refractivity (Wildman–Crippen MR) is 60.4 cm³/mol. The highest BCUT2D eigenvalue weighted by molar-refractivity contribution is 4.83. The van der Waals surface area contributed by atoms with Crippen molar-refractivity contribution in [1.29, 1.82) is 0 Å². The Hall–Kier alpha value is -0.0800. The second-order valence-corrected chi connectivity index (χ2v) is 4.76. The minimum atomic E-state index is -0.144. The van der Waals surface area contributed by atoms with Gasteiger partial charge in [0.15, 0.2) is 0 Å². The summed E-state index contributed by atoms with van der Waals surface area (Å²) in [6.07, 6.45) is 5.95. The number of likely N-dealkylation sites (tertiary alicyclic amines) is 1. The van der Waals surface area contributed by atoms with E-state index in [2.05, 4.69) is 18.7 Å². The quantitative estimate of drug-likeness (QED) is 0.735. The fourth-order valence-corrected chi connectivity index (χ4v) is 2.67. The molecule has 2 nitrogen and oxygen atoms in total. The summed E-state index contributed by atoms with van der Waals surface area (Å²) in [5.41, 5.74) is 0. The monoisotopic (exact) mass is 199 g/mol. The van der Waals surface area contributed by atoms with Crippen LogP contribution in [0.25, 0.3) is 0 Å². The Morgan fingerprint density at radius 2 is 2.14 bits per heavy atom. The molecule has 0 aromatic carbocycles. The van der Waals surface area contributed by atoms with Crippen molar-refractivity contribution in [2.45, 2.75) is 71.1 Å². The highest BCUT2D eigenvalue weighted by Gasteiger charge is 2.28. The van der Waals surface area contributed by atoms with Gasteiger partial charge in [0.1, 0.15) is 0 Å². The van der Waals surface area contributed by atoms with Crippen LogP contribution in [0.2, 0.25) is 0 Å². The zero-order valence-corrected chi connectivity index (χ0v) is 9.87. The summed E-state index contributed by atoms with van der Waals surface area (Å²) in [4.78, 5) is 2.59.